The SMILES string of the molecule is C=CCc1ccc(-c2ccc(-c3ccc(C=CCCCC(C)OCCCCC)c(F)c3F)cc2)nc1. The fourth-order valence-corrected chi connectivity index (χ4v) is 4.07. The molecule has 0 radical (unpaired) electrons. The summed E-state index contributed by atoms with van der Waals surface area (Å²) < 4.78 is 35.5. The van der Waals surface area contributed by atoms with Crippen LogP contribution < -0.4 is 0 Å². The Hall–Kier alpha value is -3.11. The van der Waals surface area contributed by atoms with Crippen LogP contribution in [-0.4, -0.2) is 17.7 Å². The quantitative estimate of drug-likeness (QED) is 0.166. The molecule has 1 heterocycles. The first kappa shape index (κ1) is 27.5. The van der Waals surface area contributed by atoms with Crippen molar-refractivity contribution >= 4 is 6.08 Å². The van der Waals surface area contributed by atoms with Crippen molar-refractivity contribution in [3.8, 4) is 22.4 Å². The van der Waals surface area contributed by atoms with Gasteiger partial charge in [0.1, 0.15) is 0 Å². The van der Waals surface area contributed by atoms with Gasteiger partial charge < -0.3 is 4.74 Å². The van der Waals surface area contributed by atoms with Crippen molar-refractivity contribution in [1.82, 2.24) is 4.98 Å². The molecular weight excluding hydrogens is 452 g/mol. The summed E-state index contributed by atoms with van der Waals surface area (Å²) in [6.07, 6.45) is 14.4. The van der Waals surface area contributed by atoms with Gasteiger partial charge in [0.05, 0.1) is 11.8 Å². The van der Waals surface area contributed by atoms with E-state index in [0.29, 0.717) is 5.56 Å². The number of hydrogen-bond acceptors (Lipinski definition) is 2. The van der Waals surface area contributed by atoms with Gasteiger partial charge in [0.25, 0.3) is 0 Å². The van der Waals surface area contributed by atoms with Crippen molar-refractivity contribution in [3.63, 3.8) is 0 Å². The molecule has 0 saturated heterocycles. The van der Waals surface area contributed by atoms with Crippen LogP contribution in [0, 0.1) is 11.6 Å². The third-order valence-electron chi connectivity index (χ3n) is 6.24. The van der Waals surface area contributed by atoms with Crippen LogP contribution in [0.1, 0.15) is 63.5 Å². The molecule has 36 heavy (non-hydrogen) atoms. The summed E-state index contributed by atoms with van der Waals surface area (Å²) in [5.74, 6) is -1.65. The van der Waals surface area contributed by atoms with Crippen LogP contribution in [0.2, 0.25) is 0 Å². The number of rotatable bonds is 14. The first-order chi connectivity index (χ1) is 17.5. The van der Waals surface area contributed by atoms with E-state index in [0.717, 1.165) is 55.5 Å². The van der Waals surface area contributed by atoms with E-state index in [1.54, 1.807) is 30.3 Å². The van der Waals surface area contributed by atoms with Crippen LogP contribution in [0.5, 0.6) is 0 Å². The second-order valence-electron chi connectivity index (χ2n) is 9.17. The van der Waals surface area contributed by atoms with Crippen molar-refractivity contribution in [1.29, 1.82) is 0 Å². The molecule has 190 valence electrons. The number of aromatic nitrogens is 1. The minimum absolute atomic E-state index is 0.225. The predicted molar refractivity (Wildman–Crippen MR) is 147 cm³/mol. The summed E-state index contributed by atoms with van der Waals surface area (Å²) in [5, 5.41) is 0. The summed E-state index contributed by atoms with van der Waals surface area (Å²) in [6, 6.07) is 14.6. The first-order valence-corrected chi connectivity index (χ1v) is 13.0. The van der Waals surface area contributed by atoms with Crippen molar-refractivity contribution in [2.24, 2.45) is 0 Å². The molecule has 1 unspecified atom stereocenters. The van der Waals surface area contributed by atoms with Crippen molar-refractivity contribution in [2.75, 3.05) is 6.61 Å². The fraction of sp³-hybridized carbons (Fsp3) is 0.344. The monoisotopic (exact) mass is 489 g/mol. The molecule has 1 atom stereocenters. The number of allylic oxidation sites excluding steroid dienone is 2. The maximum absolute atomic E-state index is 14.9. The number of unbranched alkanes of at least 4 members (excludes halogenated alkanes) is 3. The Morgan fingerprint density at radius 1 is 0.944 bits per heavy atom. The molecule has 3 rings (SSSR count). The van der Waals surface area contributed by atoms with Gasteiger partial charge in [-0.3, -0.25) is 4.98 Å². The van der Waals surface area contributed by atoms with E-state index in [2.05, 4.69) is 25.4 Å². The van der Waals surface area contributed by atoms with E-state index in [-0.39, 0.29) is 17.2 Å². The van der Waals surface area contributed by atoms with Crippen molar-refractivity contribution in [3.05, 3.63) is 96.2 Å². The molecule has 0 aliphatic carbocycles. The zero-order chi connectivity index (χ0) is 25.8. The molecule has 4 heteroatoms. The van der Waals surface area contributed by atoms with Gasteiger partial charge in [0.2, 0.25) is 0 Å². The van der Waals surface area contributed by atoms with Gasteiger partial charge in [0.15, 0.2) is 11.6 Å². The highest BCUT2D eigenvalue weighted by Crippen LogP contribution is 2.29. The number of ether oxygens (including phenoxy) is 1. The lowest BCUT2D eigenvalue weighted by Crippen LogP contribution is -2.08. The summed E-state index contributed by atoms with van der Waals surface area (Å²) in [7, 11) is 0. The third-order valence-corrected chi connectivity index (χ3v) is 6.24. The number of benzene rings is 2. The second-order valence-corrected chi connectivity index (χ2v) is 9.17. The zero-order valence-electron chi connectivity index (χ0n) is 21.5. The number of nitrogens with zero attached hydrogens (tertiary/aromatic N) is 1. The van der Waals surface area contributed by atoms with Gasteiger partial charge in [0, 0.05) is 29.5 Å². The highest BCUT2D eigenvalue weighted by Gasteiger charge is 2.14. The summed E-state index contributed by atoms with van der Waals surface area (Å²) in [5.41, 5.74) is 3.99. The maximum Gasteiger partial charge on any atom is 0.167 e. The Kier molecular flexibility index (Phi) is 11.0. The third kappa shape index (κ3) is 7.96. The number of hydrogen-bond donors (Lipinski definition) is 0. The standard InChI is InChI=1S/C32H37F2NO/c1-4-6-10-22-36-24(3)12-8-7-9-13-28-19-20-29(32(34)31(28)33)26-15-17-27(18-16-26)30-21-14-25(11-5-2)23-35-30/h5,9,13-21,23-24H,2,4,6-8,10-12,22H2,1,3H3. The normalized spacial score (nSPS) is 12.2. The van der Waals surface area contributed by atoms with Gasteiger partial charge in [-0.25, -0.2) is 8.78 Å². The van der Waals surface area contributed by atoms with E-state index >= 15 is 0 Å². The van der Waals surface area contributed by atoms with E-state index in [4.69, 9.17) is 4.74 Å². The highest BCUT2D eigenvalue weighted by molar-refractivity contribution is 5.70. The van der Waals surface area contributed by atoms with Crippen LogP contribution >= 0.6 is 0 Å². The fourth-order valence-electron chi connectivity index (χ4n) is 4.07. The number of halogens is 2. The van der Waals surface area contributed by atoms with Gasteiger partial charge in [-0.2, -0.15) is 0 Å². The largest absolute Gasteiger partial charge is 0.379 e. The Labute approximate surface area is 214 Å². The van der Waals surface area contributed by atoms with E-state index in [9.17, 15) is 8.78 Å². The second kappa shape index (κ2) is 14.4. The molecule has 0 spiro atoms. The van der Waals surface area contributed by atoms with Crippen molar-refractivity contribution in [2.45, 2.75) is 64.9 Å². The van der Waals surface area contributed by atoms with E-state index < -0.39 is 11.6 Å². The lowest BCUT2D eigenvalue weighted by atomic mass is 10.00. The van der Waals surface area contributed by atoms with Crippen LogP contribution in [0.25, 0.3) is 28.5 Å². The minimum atomic E-state index is -0.828. The van der Waals surface area contributed by atoms with Crippen LogP contribution in [0.3, 0.4) is 0 Å². The average molecular weight is 490 g/mol. The molecule has 3 aromatic rings. The molecular formula is C32H37F2NO. The molecule has 0 N–H and O–H groups in total. The summed E-state index contributed by atoms with van der Waals surface area (Å²) in [6.45, 7) is 8.82. The molecule has 0 amide bonds. The summed E-state index contributed by atoms with van der Waals surface area (Å²) in [4.78, 5) is 4.49. The molecule has 0 fully saturated rings. The summed E-state index contributed by atoms with van der Waals surface area (Å²) >= 11 is 0. The molecule has 2 nitrogen and oxygen atoms in total. The van der Waals surface area contributed by atoms with Gasteiger partial charge in [-0.15, -0.1) is 6.58 Å². The van der Waals surface area contributed by atoms with Crippen molar-refractivity contribution < 1.29 is 13.5 Å². The smallest absolute Gasteiger partial charge is 0.167 e. The molecule has 2 aromatic carbocycles. The Bertz CT molecular complexity index is 1120. The lowest BCUT2D eigenvalue weighted by Gasteiger charge is -2.12. The average Bonchev–Trinajstić information content (AvgIpc) is 2.90. The molecule has 0 saturated carbocycles. The van der Waals surface area contributed by atoms with Crippen LogP contribution in [0.15, 0.2) is 73.5 Å². The molecule has 1 aromatic heterocycles. The predicted octanol–water partition coefficient (Wildman–Crippen LogP) is 9.20. The molecule has 0 aliphatic heterocycles. The van der Waals surface area contributed by atoms with E-state index in [1.165, 1.54) is 12.8 Å². The molecule has 0 bridgehead atoms. The topological polar surface area (TPSA) is 22.1 Å². The Morgan fingerprint density at radius 3 is 2.42 bits per heavy atom. The van der Waals surface area contributed by atoms with Crippen LogP contribution in [0.4, 0.5) is 8.78 Å². The zero-order valence-corrected chi connectivity index (χ0v) is 21.5. The van der Waals surface area contributed by atoms with Gasteiger partial charge in [-0.05, 0) is 56.2 Å². The van der Waals surface area contributed by atoms with Gasteiger partial charge in [-0.1, -0.05) is 80.5 Å². The lowest BCUT2D eigenvalue weighted by molar-refractivity contribution is 0.0566. The molecule has 0 aliphatic rings. The first-order valence-electron chi connectivity index (χ1n) is 13.0. The Balaban J connectivity index is 1.57. The van der Waals surface area contributed by atoms with Gasteiger partial charge >= 0.3 is 0 Å². The number of pyridine rings is 1. The van der Waals surface area contributed by atoms with Crippen LogP contribution in [-0.2, 0) is 11.2 Å². The van der Waals surface area contributed by atoms with E-state index in [1.807, 2.05) is 42.6 Å². The minimum Gasteiger partial charge on any atom is -0.379 e. The Morgan fingerprint density at radius 2 is 1.72 bits per heavy atom. The highest BCUT2D eigenvalue weighted by atomic mass is 19.2. The maximum atomic E-state index is 14.9.